The van der Waals surface area contributed by atoms with E-state index in [2.05, 4.69) is 34.6 Å². The van der Waals surface area contributed by atoms with Gasteiger partial charge >= 0.3 is 0 Å². The van der Waals surface area contributed by atoms with Crippen LogP contribution in [0.15, 0.2) is 55.0 Å². The highest BCUT2D eigenvalue weighted by molar-refractivity contribution is 5.80. The first-order valence-electron chi connectivity index (χ1n) is 10.9. The minimum atomic E-state index is 0.0532. The Morgan fingerprint density at radius 1 is 0.970 bits per heavy atom. The Hall–Kier alpha value is -3.65. The van der Waals surface area contributed by atoms with Crippen LogP contribution in [0.5, 0.6) is 11.5 Å². The summed E-state index contributed by atoms with van der Waals surface area (Å²) in [4.78, 5) is 9.35. The van der Waals surface area contributed by atoms with Crippen molar-refractivity contribution in [3.05, 3.63) is 60.6 Å². The van der Waals surface area contributed by atoms with E-state index in [0.29, 0.717) is 12.6 Å². The molecule has 2 aromatic heterocycles. The molecule has 0 saturated heterocycles. The smallest absolute Gasteiger partial charge is 0.122 e. The van der Waals surface area contributed by atoms with Gasteiger partial charge in [0.2, 0.25) is 0 Å². The van der Waals surface area contributed by atoms with Crippen molar-refractivity contribution in [2.45, 2.75) is 25.9 Å². The molecule has 0 bridgehead atoms. The molecule has 8 heteroatoms. The van der Waals surface area contributed by atoms with Crippen LogP contribution in [-0.2, 0) is 7.05 Å². The number of benzene rings is 2. The number of fused-ring (bicyclic) bond motifs is 1. The highest BCUT2D eigenvalue weighted by Gasteiger charge is 2.16. The zero-order chi connectivity index (χ0) is 23.4. The van der Waals surface area contributed by atoms with E-state index in [-0.39, 0.29) is 6.04 Å². The van der Waals surface area contributed by atoms with Crippen LogP contribution < -0.4 is 20.1 Å². The van der Waals surface area contributed by atoms with E-state index in [9.17, 15) is 0 Å². The summed E-state index contributed by atoms with van der Waals surface area (Å²) < 4.78 is 12.7. The average molecular weight is 447 g/mol. The van der Waals surface area contributed by atoms with E-state index < -0.39 is 0 Å². The van der Waals surface area contributed by atoms with Gasteiger partial charge in [0.05, 0.1) is 43.3 Å². The lowest BCUT2D eigenvalue weighted by molar-refractivity contribution is 0.390. The van der Waals surface area contributed by atoms with Crippen molar-refractivity contribution in [1.82, 2.24) is 25.1 Å². The standard InChI is InChI=1S/C25H30N6O2/c1-16(2)29-24(17-8-20(32-4)11-21(9-17)33-5)13-26-19-6-7-22-23(10-19)30-25(14-27-22)18-12-28-31(3)15-18/h6-12,14-16,24,26,29H,13H2,1-5H3. The van der Waals surface area contributed by atoms with Crippen molar-refractivity contribution in [3.63, 3.8) is 0 Å². The summed E-state index contributed by atoms with van der Waals surface area (Å²) in [5, 5.41) is 11.4. The minimum Gasteiger partial charge on any atom is -0.497 e. The fourth-order valence-electron chi connectivity index (χ4n) is 3.74. The van der Waals surface area contributed by atoms with Gasteiger partial charge < -0.3 is 20.1 Å². The van der Waals surface area contributed by atoms with Crippen LogP contribution in [0.25, 0.3) is 22.3 Å². The van der Waals surface area contributed by atoms with E-state index in [1.807, 2.05) is 49.6 Å². The van der Waals surface area contributed by atoms with E-state index in [0.717, 1.165) is 45.0 Å². The Morgan fingerprint density at radius 2 is 1.73 bits per heavy atom. The Labute approximate surface area is 194 Å². The molecule has 4 rings (SSSR count). The lowest BCUT2D eigenvalue weighted by Gasteiger charge is -2.24. The Kier molecular flexibility index (Phi) is 6.74. The maximum absolute atomic E-state index is 5.46. The predicted molar refractivity (Wildman–Crippen MR) is 131 cm³/mol. The number of methoxy groups -OCH3 is 2. The molecular weight excluding hydrogens is 416 g/mol. The third-order valence-corrected chi connectivity index (χ3v) is 5.36. The number of nitrogens with one attached hydrogen (secondary N) is 2. The maximum Gasteiger partial charge on any atom is 0.122 e. The second-order valence-corrected chi connectivity index (χ2v) is 8.26. The maximum atomic E-state index is 5.46. The van der Waals surface area contributed by atoms with Crippen molar-refractivity contribution < 1.29 is 9.47 Å². The second-order valence-electron chi connectivity index (χ2n) is 8.26. The first-order chi connectivity index (χ1) is 15.9. The lowest BCUT2D eigenvalue weighted by atomic mass is 10.0. The fraction of sp³-hybridized carbons (Fsp3) is 0.320. The summed E-state index contributed by atoms with van der Waals surface area (Å²) in [6.45, 7) is 4.95. The third-order valence-electron chi connectivity index (χ3n) is 5.36. The molecule has 0 amide bonds. The summed E-state index contributed by atoms with van der Waals surface area (Å²) in [6.07, 6.45) is 5.51. The normalized spacial score (nSPS) is 12.2. The highest BCUT2D eigenvalue weighted by Crippen LogP contribution is 2.28. The average Bonchev–Trinajstić information content (AvgIpc) is 3.26. The van der Waals surface area contributed by atoms with Gasteiger partial charge in [0.15, 0.2) is 0 Å². The molecular formula is C25H30N6O2. The molecule has 0 aliphatic heterocycles. The van der Waals surface area contributed by atoms with Gasteiger partial charge in [-0.05, 0) is 35.9 Å². The summed E-state index contributed by atoms with van der Waals surface area (Å²) in [7, 11) is 5.22. The van der Waals surface area contributed by atoms with Crippen LogP contribution in [-0.4, -0.2) is 46.6 Å². The van der Waals surface area contributed by atoms with Crippen LogP contribution in [0.3, 0.4) is 0 Å². The molecule has 2 aromatic carbocycles. The Morgan fingerprint density at radius 3 is 2.36 bits per heavy atom. The number of aryl methyl sites for hydroxylation is 1. The molecule has 0 spiro atoms. The quantitative estimate of drug-likeness (QED) is 0.398. The van der Waals surface area contributed by atoms with E-state index in [1.54, 1.807) is 31.3 Å². The largest absolute Gasteiger partial charge is 0.497 e. The van der Waals surface area contributed by atoms with Crippen LogP contribution in [0.4, 0.5) is 5.69 Å². The van der Waals surface area contributed by atoms with E-state index >= 15 is 0 Å². The number of ether oxygens (including phenoxy) is 2. The van der Waals surface area contributed by atoms with Crippen molar-refractivity contribution in [2.75, 3.05) is 26.1 Å². The SMILES string of the molecule is COc1cc(OC)cc(C(CNc2ccc3ncc(-c4cnn(C)c4)nc3c2)NC(C)C)c1. The molecule has 1 atom stereocenters. The van der Waals surface area contributed by atoms with Crippen molar-refractivity contribution >= 4 is 16.7 Å². The Bertz CT molecular complexity index is 1210. The zero-order valence-corrected chi connectivity index (χ0v) is 19.7. The van der Waals surface area contributed by atoms with Crippen LogP contribution >= 0.6 is 0 Å². The summed E-state index contributed by atoms with van der Waals surface area (Å²) in [5.41, 5.74) is 5.49. The lowest BCUT2D eigenvalue weighted by Crippen LogP contribution is -2.33. The molecule has 33 heavy (non-hydrogen) atoms. The molecule has 1 unspecified atom stereocenters. The monoisotopic (exact) mass is 446 g/mol. The summed E-state index contributed by atoms with van der Waals surface area (Å²) in [5.74, 6) is 1.53. The molecule has 2 N–H and O–H groups in total. The van der Waals surface area contributed by atoms with Crippen molar-refractivity contribution in [1.29, 1.82) is 0 Å². The predicted octanol–water partition coefficient (Wildman–Crippen LogP) is 4.20. The van der Waals surface area contributed by atoms with E-state index in [4.69, 9.17) is 14.5 Å². The van der Waals surface area contributed by atoms with Gasteiger partial charge in [-0.25, -0.2) is 4.98 Å². The molecule has 0 aliphatic carbocycles. The fourth-order valence-corrected chi connectivity index (χ4v) is 3.74. The first kappa shape index (κ1) is 22.5. The van der Waals surface area contributed by atoms with Crippen LogP contribution in [0.2, 0.25) is 0 Å². The number of hydrogen-bond acceptors (Lipinski definition) is 7. The van der Waals surface area contributed by atoms with Gasteiger partial charge in [0, 0.05) is 49.2 Å². The van der Waals surface area contributed by atoms with Crippen molar-refractivity contribution in [3.8, 4) is 22.8 Å². The molecule has 0 radical (unpaired) electrons. The van der Waals surface area contributed by atoms with Gasteiger partial charge in [-0.2, -0.15) is 5.10 Å². The van der Waals surface area contributed by atoms with Crippen molar-refractivity contribution in [2.24, 2.45) is 7.05 Å². The molecule has 2 heterocycles. The van der Waals surface area contributed by atoms with Gasteiger partial charge in [0.1, 0.15) is 11.5 Å². The number of hydrogen-bond donors (Lipinski definition) is 2. The van der Waals surface area contributed by atoms with E-state index in [1.165, 1.54) is 0 Å². The highest BCUT2D eigenvalue weighted by atomic mass is 16.5. The zero-order valence-electron chi connectivity index (χ0n) is 19.7. The topological polar surface area (TPSA) is 86.1 Å². The number of rotatable bonds is 9. The molecule has 0 aliphatic rings. The Balaban J connectivity index is 1.57. The molecule has 8 nitrogen and oxygen atoms in total. The number of nitrogens with zero attached hydrogens (tertiary/aromatic N) is 4. The molecule has 0 fully saturated rings. The van der Waals surface area contributed by atoms with Crippen LogP contribution in [0, 0.1) is 0 Å². The third kappa shape index (κ3) is 5.40. The number of anilines is 1. The van der Waals surface area contributed by atoms with Gasteiger partial charge in [-0.1, -0.05) is 13.8 Å². The summed E-state index contributed by atoms with van der Waals surface area (Å²) >= 11 is 0. The van der Waals surface area contributed by atoms with Gasteiger partial charge in [-0.15, -0.1) is 0 Å². The van der Waals surface area contributed by atoms with Crippen LogP contribution in [0.1, 0.15) is 25.5 Å². The molecule has 172 valence electrons. The minimum absolute atomic E-state index is 0.0532. The summed E-state index contributed by atoms with van der Waals surface area (Å²) in [6, 6.07) is 12.4. The molecule has 4 aromatic rings. The van der Waals surface area contributed by atoms with Gasteiger partial charge in [-0.3, -0.25) is 9.67 Å². The first-order valence-corrected chi connectivity index (χ1v) is 10.9. The molecule has 0 saturated carbocycles. The van der Waals surface area contributed by atoms with Gasteiger partial charge in [0.25, 0.3) is 0 Å². The second kappa shape index (κ2) is 9.87. The number of aromatic nitrogens is 4.